The van der Waals surface area contributed by atoms with Crippen molar-refractivity contribution < 1.29 is 4.74 Å². The predicted octanol–water partition coefficient (Wildman–Crippen LogP) is 2.14. The Hall–Kier alpha value is -0.610. The zero-order valence-electron chi connectivity index (χ0n) is 8.67. The van der Waals surface area contributed by atoms with E-state index in [1.807, 2.05) is 0 Å². The van der Waals surface area contributed by atoms with Crippen LogP contribution in [0.1, 0.15) is 31.9 Å². The van der Waals surface area contributed by atoms with E-state index in [9.17, 15) is 0 Å². The van der Waals surface area contributed by atoms with E-state index in [1.54, 1.807) is 18.4 Å². The third-order valence-corrected chi connectivity index (χ3v) is 3.80. The van der Waals surface area contributed by atoms with Gasteiger partial charge in [-0.05, 0) is 25.8 Å². The summed E-state index contributed by atoms with van der Waals surface area (Å²) in [5.41, 5.74) is 1.27. The molecule has 2 heterocycles. The average molecular weight is 212 g/mol. The first-order chi connectivity index (χ1) is 6.80. The smallest absolute Gasteiger partial charge is 0.273 e. The van der Waals surface area contributed by atoms with E-state index in [0.29, 0.717) is 0 Å². The number of hydrogen-bond donors (Lipinski definition) is 1. The summed E-state index contributed by atoms with van der Waals surface area (Å²) in [5.74, 6) is 0. The van der Waals surface area contributed by atoms with Crippen molar-refractivity contribution in [2.45, 2.75) is 31.7 Å². The molecule has 1 N–H and O–H groups in total. The highest BCUT2D eigenvalue weighted by molar-refractivity contribution is 7.11. The maximum Gasteiger partial charge on any atom is 0.273 e. The molecule has 14 heavy (non-hydrogen) atoms. The number of methoxy groups -OCH3 is 1. The topological polar surface area (TPSA) is 34.1 Å². The van der Waals surface area contributed by atoms with Crippen LogP contribution in [-0.4, -0.2) is 18.6 Å². The van der Waals surface area contributed by atoms with E-state index < -0.39 is 0 Å². The summed E-state index contributed by atoms with van der Waals surface area (Å²) < 4.78 is 5.12. The number of hydrogen-bond acceptors (Lipinski definition) is 4. The van der Waals surface area contributed by atoms with Crippen molar-refractivity contribution >= 4 is 11.3 Å². The highest BCUT2D eigenvalue weighted by atomic mass is 32.1. The van der Waals surface area contributed by atoms with Crippen molar-refractivity contribution in [1.29, 1.82) is 0 Å². The van der Waals surface area contributed by atoms with Crippen LogP contribution in [0.5, 0.6) is 5.19 Å². The molecule has 1 aromatic rings. The number of ether oxygens (including phenoxy) is 1. The summed E-state index contributed by atoms with van der Waals surface area (Å²) >= 11 is 1.58. The molecule has 1 atom stereocenters. The Kier molecular flexibility index (Phi) is 2.74. The predicted molar refractivity (Wildman–Crippen MR) is 57.9 cm³/mol. The van der Waals surface area contributed by atoms with Gasteiger partial charge in [-0.25, -0.2) is 4.98 Å². The summed E-state index contributed by atoms with van der Waals surface area (Å²) in [6.45, 7) is 3.32. The highest BCUT2D eigenvalue weighted by Gasteiger charge is 2.35. The van der Waals surface area contributed by atoms with Crippen molar-refractivity contribution in [1.82, 2.24) is 10.3 Å². The molecule has 1 aliphatic heterocycles. The van der Waals surface area contributed by atoms with Crippen LogP contribution in [0.4, 0.5) is 0 Å². The summed E-state index contributed by atoms with van der Waals surface area (Å²) in [7, 11) is 1.67. The maximum absolute atomic E-state index is 5.12. The number of nitrogens with zero attached hydrogens (tertiary/aromatic N) is 1. The van der Waals surface area contributed by atoms with Crippen LogP contribution in [0, 0.1) is 0 Å². The van der Waals surface area contributed by atoms with Gasteiger partial charge in [0.2, 0.25) is 0 Å². The largest absolute Gasteiger partial charge is 0.473 e. The van der Waals surface area contributed by atoms with Crippen molar-refractivity contribution in [3.8, 4) is 5.19 Å². The van der Waals surface area contributed by atoms with Crippen LogP contribution in [0.25, 0.3) is 0 Å². The molecule has 0 radical (unpaired) electrons. The zero-order valence-corrected chi connectivity index (χ0v) is 9.49. The normalized spacial score (nSPS) is 26.7. The van der Waals surface area contributed by atoms with Gasteiger partial charge in [0.05, 0.1) is 18.3 Å². The van der Waals surface area contributed by atoms with Crippen molar-refractivity contribution in [3.05, 3.63) is 11.1 Å². The standard InChI is InChI=1S/C10H16N2OS/c1-3-10(5-4-6-11-10)8-7-14-9(12-8)13-2/h7,11H,3-6H2,1-2H3. The van der Waals surface area contributed by atoms with Gasteiger partial charge in [-0.15, -0.1) is 0 Å². The molecule has 0 amide bonds. The lowest BCUT2D eigenvalue weighted by Crippen LogP contribution is -2.36. The molecule has 1 unspecified atom stereocenters. The van der Waals surface area contributed by atoms with E-state index in [0.717, 1.165) is 23.9 Å². The van der Waals surface area contributed by atoms with Crippen molar-refractivity contribution in [2.75, 3.05) is 13.7 Å². The molecule has 0 bridgehead atoms. The molecule has 78 valence electrons. The van der Waals surface area contributed by atoms with Gasteiger partial charge in [-0.3, -0.25) is 0 Å². The van der Waals surface area contributed by atoms with Crippen LogP contribution < -0.4 is 10.1 Å². The first-order valence-corrected chi connectivity index (χ1v) is 5.94. The van der Waals surface area contributed by atoms with Crippen molar-refractivity contribution in [2.24, 2.45) is 0 Å². The maximum atomic E-state index is 5.12. The Labute approximate surface area is 88.5 Å². The molecule has 0 spiro atoms. The molecule has 1 fully saturated rings. The van der Waals surface area contributed by atoms with Gasteiger partial charge in [-0.2, -0.15) is 0 Å². The summed E-state index contributed by atoms with van der Waals surface area (Å²) in [6.07, 6.45) is 3.53. The molecule has 0 aromatic carbocycles. The third kappa shape index (κ3) is 1.53. The number of thiazole rings is 1. The van der Waals surface area contributed by atoms with Crippen LogP contribution >= 0.6 is 11.3 Å². The van der Waals surface area contributed by atoms with Crippen LogP contribution in [-0.2, 0) is 5.54 Å². The van der Waals surface area contributed by atoms with E-state index in [4.69, 9.17) is 4.74 Å². The molecule has 1 aromatic heterocycles. The molecule has 0 aliphatic carbocycles. The minimum absolute atomic E-state index is 0.118. The zero-order chi connectivity index (χ0) is 10.0. The van der Waals surface area contributed by atoms with E-state index in [2.05, 4.69) is 22.6 Å². The van der Waals surface area contributed by atoms with Crippen LogP contribution in [0.3, 0.4) is 0 Å². The average Bonchev–Trinajstić information content (AvgIpc) is 2.87. The molecule has 0 saturated carbocycles. The lowest BCUT2D eigenvalue weighted by Gasteiger charge is -2.25. The van der Waals surface area contributed by atoms with Crippen molar-refractivity contribution in [3.63, 3.8) is 0 Å². The highest BCUT2D eigenvalue weighted by Crippen LogP contribution is 2.35. The summed E-state index contributed by atoms with van der Waals surface area (Å²) in [5, 5.41) is 6.44. The van der Waals surface area contributed by atoms with Gasteiger partial charge >= 0.3 is 0 Å². The van der Waals surface area contributed by atoms with Gasteiger partial charge in [-0.1, -0.05) is 18.3 Å². The van der Waals surface area contributed by atoms with Gasteiger partial charge in [0.15, 0.2) is 0 Å². The quantitative estimate of drug-likeness (QED) is 0.833. The van der Waals surface area contributed by atoms with Gasteiger partial charge in [0.1, 0.15) is 0 Å². The SMILES string of the molecule is CCC1(c2csc(OC)n2)CCCN1. The molecule has 3 nitrogen and oxygen atoms in total. The number of aromatic nitrogens is 1. The molecular formula is C10H16N2OS. The fourth-order valence-corrected chi connectivity index (χ4v) is 2.82. The minimum atomic E-state index is 0.118. The lowest BCUT2D eigenvalue weighted by molar-refractivity contribution is 0.357. The summed E-state index contributed by atoms with van der Waals surface area (Å²) in [4.78, 5) is 4.49. The second-order valence-corrected chi connectivity index (χ2v) is 4.49. The third-order valence-electron chi connectivity index (χ3n) is 3.00. The first-order valence-electron chi connectivity index (χ1n) is 5.06. The Morgan fingerprint density at radius 1 is 1.71 bits per heavy atom. The molecule has 1 aliphatic rings. The minimum Gasteiger partial charge on any atom is -0.473 e. The number of rotatable bonds is 3. The van der Waals surface area contributed by atoms with Gasteiger partial charge < -0.3 is 10.1 Å². The fraction of sp³-hybridized carbons (Fsp3) is 0.700. The fourth-order valence-electron chi connectivity index (χ4n) is 2.08. The Morgan fingerprint density at radius 3 is 3.07 bits per heavy atom. The van der Waals surface area contributed by atoms with E-state index in [-0.39, 0.29) is 5.54 Å². The van der Waals surface area contributed by atoms with E-state index in [1.165, 1.54) is 12.8 Å². The van der Waals surface area contributed by atoms with Crippen LogP contribution in [0.2, 0.25) is 0 Å². The molecule has 4 heteroatoms. The van der Waals surface area contributed by atoms with Gasteiger partial charge in [0, 0.05) is 5.38 Å². The van der Waals surface area contributed by atoms with Crippen LogP contribution in [0.15, 0.2) is 5.38 Å². The number of nitrogens with one attached hydrogen (secondary N) is 1. The summed E-state index contributed by atoms with van der Waals surface area (Å²) in [6, 6.07) is 0. The Bertz CT molecular complexity index is 305. The first kappa shape index (κ1) is 9.93. The second kappa shape index (κ2) is 3.87. The molecular weight excluding hydrogens is 196 g/mol. The molecule has 1 saturated heterocycles. The monoisotopic (exact) mass is 212 g/mol. The Morgan fingerprint density at radius 2 is 2.57 bits per heavy atom. The Balaban J connectivity index is 2.26. The lowest BCUT2D eigenvalue weighted by atomic mass is 9.91. The van der Waals surface area contributed by atoms with E-state index >= 15 is 0 Å². The van der Waals surface area contributed by atoms with Gasteiger partial charge in [0.25, 0.3) is 5.19 Å². The second-order valence-electron chi connectivity index (χ2n) is 3.67. The molecule has 2 rings (SSSR count).